The van der Waals surface area contributed by atoms with Crippen molar-refractivity contribution in [1.82, 2.24) is 9.88 Å². The van der Waals surface area contributed by atoms with Crippen molar-refractivity contribution in [1.29, 1.82) is 0 Å². The number of benzene rings is 2. The second kappa shape index (κ2) is 9.90. The lowest BCUT2D eigenvalue weighted by atomic mass is 10.1. The van der Waals surface area contributed by atoms with Crippen molar-refractivity contribution < 1.29 is 9.53 Å². The van der Waals surface area contributed by atoms with E-state index in [-0.39, 0.29) is 5.91 Å². The quantitative estimate of drug-likeness (QED) is 0.545. The number of carbonyl (C=O) groups excluding carboxylic acids is 1. The summed E-state index contributed by atoms with van der Waals surface area (Å²) < 4.78 is 6.63. The molecule has 5 nitrogen and oxygen atoms in total. The van der Waals surface area contributed by atoms with Gasteiger partial charge in [0.25, 0.3) is 0 Å². The topological polar surface area (TPSA) is 45.7 Å². The fourth-order valence-electron chi connectivity index (χ4n) is 4.06. The lowest BCUT2D eigenvalue weighted by Crippen LogP contribution is -2.39. The Labute approximate surface area is 188 Å². The van der Waals surface area contributed by atoms with E-state index in [2.05, 4.69) is 49.9 Å². The predicted octanol–water partition coefficient (Wildman–Crippen LogP) is 4.52. The standard InChI is InChI=1S/C25H31N3O2S/c1-18-6-4-7-21(16-18)17-22(29)28(11-5-10-27-12-14-30-15-13-27)25-26-23-19(2)8-9-20(3)24(23)31-25/h4,6-9,16H,5,10-15,17H2,1-3H3. The van der Waals surface area contributed by atoms with Gasteiger partial charge in [0.1, 0.15) is 0 Å². The highest BCUT2D eigenvalue weighted by Crippen LogP contribution is 2.33. The number of aromatic nitrogens is 1. The Kier molecular flexibility index (Phi) is 7.00. The number of hydrogen-bond acceptors (Lipinski definition) is 5. The third-order valence-corrected chi connectivity index (χ3v) is 7.07. The molecule has 1 aliphatic rings. The molecule has 0 N–H and O–H groups in total. The van der Waals surface area contributed by atoms with Gasteiger partial charge >= 0.3 is 0 Å². The van der Waals surface area contributed by atoms with E-state index < -0.39 is 0 Å². The van der Waals surface area contributed by atoms with E-state index in [4.69, 9.17) is 9.72 Å². The van der Waals surface area contributed by atoms with Crippen molar-refractivity contribution in [3.8, 4) is 0 Å². The van der Waals surface area contributed by atoms with Gasteiger partial charge in [-0.05, 0) is 43.9 Å². The van der Waals surface area contributed by atoms with E-state index in [0.29, 0.717) is 13.0 Å². The van der Waals surface area contributed by atoms with Crippen LogP contribution in [0.15, 0.2) is 36.4 Å². The fraction of sp³-hybridized carbons (Fsp3) is 0.440. The van der Waals surface area contributed by atoms with Crippen molar-refractivity contribution in [2.75, 3.05) is 44.3 Å². The van der Waals surface area contributed by atoms with Gasteiger partial charge in [-0.3, -0.25) is 14.6 Å². The molecule has 1 aromatic heterocycles. The number of morpholine rings is 1. The molecule has 1 aliphatic heterocycles. The summed E-state index contributed by atoms with van der Waals surface area (Å²) in [7, 11) is 0. The normalized spacial score (nSPS) is 14.8. The maximum absolute atomic E-state index is 13.4. The molecular formula is C25H31N3O2S. The average molecular weight is 438 g/mol. The minimum atomic E-state index is 0.113. The Hall–Kier alpha value is -2.28. The molecule has 2 heterocycles. The zero-order valence-corrected chi connectivity index (χ0v) is 19.5. The molecule has 2 aromatic carbocycles. The molecular weight excluding hydrogens is 406 g/mol. The zero-order valence-electron chi connectivity index (χ0n) is 18.7. The molecule has 0 saturated carbocycles. The molecule has 164 valence electrons. The predicted molar refractivity (Wildman–Crippen MR) is 128 cm³/mol. The van der Waals surface area contributed by atoms with Crippen molar-refractivity contribution in [3.63, 3.8) is 0 Å². The number of ether oxygens (including phenoxy) is 1. The molecule has 0 atom stereocenters. The molecule has 1 saturated heterocycles. The van der Waals surface area contributed by atoms with Crippen LogP contribution in [0.25, 0.3) is 10.2 Å². The van der Waals surface area contributed by atoms with E-state index in [0.717, 1.165) is 61.0 Å². The Balaban J connectivity index is 1.56. The number of carbonyl (C=O) groups is 1. The van der Waals surface area contributed by atoms with Gasteiger partial charge in [0.05, 0.1) is 29.9 Å². The van der Waals surface area contributed by atoms with Crippen LogP contribution in [0.4, 0.5) is 5.13 Å². The number of aryl methyl sites for hydroxylation is 3. The summed E-state index contributed by atoms with van der Waals surface area (Å²) in [5.41, 5.74) is 5.61. The summed E-state index contributed by atoms with van der Waals surface area (Å²) in [4.78, 5) is 22.6. The molecule has 1 fully saturated rings. The SMILES string of the molecule is Cc1cccc(CC(=O)N(CCCN2CCOCC2)c2nc3c(C)ccc(C)c3s2)c1. The van der Waals surface area contributed by atoms with Gasteiger partial charge < -0.3 is 4.74 Å². The number of hydrogen-bond donors (Lipinski definition) is 0. The maximum Gasteiger partial charge on any atom is 0.233 e. The first-order chi connectivity index (χ1) is 15.0. The van der Waals surface area contributed by atoms with Gasteiger partial charge in [0.15, 0.2) is 5.13 Å². The third-order valence-electron chi connectivity index (χ3n) is 5.86. The first kappa shape index (κ1) is 21.9. The Bertz CT molecular complexity index is 1020. The van der Waals surface area contributed by atoms with Crippen LogP contribution < -0.4 is 4.90 Å². The summed E-state index contributed by atoms with van der Waals surface area (Å²) in [6, 6.07) is 12.5. The van der Waals surface area contributed by atoms with E-state index in [9.17, 15) is 4.79 Å². The van der Waals surface area contributed by atoms with E-state index in [1.54, 1.807) is 11.3 Å². The molecule has 0 radical (unpaired) electrons. The first-order valence-electron chi connectivity index (χ1n) is 11.0. The second-order valence-corrected chi connectivity index (χ2v) is 9.37. The lowest BCUT2D eigenvalue weighted by molar-refractivity contribution is -0.118. The molecule has 0 aliphatic carbocycles. The fourth-order valence-corrected chi connectivity index (χ4v) is 5.21. The number of fused-ring (bicyclic) bond motifs is 1. The van der Waals surface area contributed by atoms with Crippen LogP contribution in [0.1, 0.15) is 28.7 Å². The largest absolute Gasteiger partial charge is 0.379 e. The Morgan fingerprint density at radius 1 is 1.13 bits per heavy atom. The highest BCUT2D eigenvalue weighted by molar-refractivity contribution is 7.22. The molecule has 0 spiro atoms. The second-order valence-electron chi connectivity index (χ2n) is 8.39. The molecule has 4 rings (SSSR count). The Morgan fingerprint density at radius 2 is 1.90 bits per heavy atom. The summed E-state index contributed by atoms with van der Waals surface area (Å²) in [5.74, 6) is 0.113. The number of nitrogens with zero attached hydrogens (tertiary/aromatic N) is 3. The first-order valence-corrected chi connectivity index (χ1v) is 11.9. The maximum atomic E-state index is 13.4. The van der Waals surface area contributed by atoms with Crippen molar-refractivity contribution in [2.45, 2.75) is 33.6 Å². The summed E-state index contributed by atoms with van der Waals surface area (Å²) in [5, 5.41) is 0.812. The molecule has 31 heavy (non-hydrogen) atoms. The van der Waals surface area contributed by atoms with Crippen LogP contribution in [0.2, 0.25) is 0 Å². The van der Waals surface area contributed by atoms with Crippen molar-refractivity contribution in [3.05, 3.63) is 58.7 Å². The van der Waals surface area contributed by atoms with Crippen LogP contribution in [-0.2, 0) is 16.0 Å². The molecule has 0 unspecified atom stereocenters. The van der Waals surface area contributed by atoms with Crippen LogP contribution in [0.3, 0.4) is 0 Å². The summed E-state index contributed by atoms with van der Waals surface area (Å²) in [6.07, 6.45) is 1.32. The van der Waals surface area contributed by atoms with Gasteiger partial charge in [0.2, 0.25) is 5.91 Å². The van der Waals surface area contributed by atoms with Crippen molar-refractivity contribution >= 4 is 32.6 Å². The van der Waals surface area contributed by atoms with Crippen LogP contribution in [0, 0.1) is 20.8 Å². The van der Waals surface area contributed by atoms with Crippen LogP contribution in [0.5, 0.6) is 0 Å². The average Bonchev–Trinajstić information content (AvgIpc) is 3.21. The smallest absolute Gasteiger partial charge is 0.233 e. The Morgan fingerprint density at radius 3 is 2.65 bits per heavy atom. The van der Waals surface area contributed by atoms with Gasteiger partial charge in [-0.15, -0.1) is 0 Å². The molecule has 3 aromatic rings. The molecule has 1 amide bonds. The third kappa shape index (κ3) is 5.32. The zero-order chi connectivity index (χ0) is 21.8. The highest BCUT2D eigenvalue weighted by atomic mass is 32.1. The minimum Gasteiger partial charge on any atom is -0.379 e. The van der Waals surface area contributed by atoms with Crippen LogP contribution >= 0.6 is 11.3 Å². The number of anilines is 1. The van der Waals surface area contributed by atoms with Gasteiger partial charge in [-0.25, -0.2) is 4.98 Å². The number of thiazole rings is 1. The van der Waals surface area contributed by atoms with Gasteiger partial charge in [-0.2, -0.15) is 0 Å². The van der Waals surface area contributed by atoms with Gasteiger partial charge in [-0.1, -0.05) is 53.3 Å². The summed E-state index contributed by atoms with van der Waals surface area (Å²) >= 11 is 1.63. The number of rotatable bonds is 7. The van der Waals surface area contributed by atoms with E-state index in [1.165, 1.54) is 15.8 Å². The highest BCUT2D eigenvalue weighted by Gasteiger charge is 2.22. The number of amides is 1. The van der Waals surface area contributed by atoms with E-state index >= 15 is 0 Å². The minimum absolute atomic E-state index is 0.113. The monoisotopic (exact) mass is 437 g/mol. The van der Waals surface area contributed by atoms with Crippen LogP contribution in [-0.4, -0.2) is 55.2 Å². The van der Waals surface area contributed by atoms with E-state index in [1.807, 2.05) is 17.0 Å². The van der Waals surface area contributed by atoms with Crippen molar-refractivity contribution in [2.24, 2.45) is 0 Å². The van der Waals surface area contributed by atoms with Gasteiger partial charge in [0, 0.05) is 26.2 Å². The lowest BCUT2D eigenvalue weighted by Gasteiger charge is -2.27. The molecule has 6 heteroatoms. The summed E-state index contributed by atoms with van der Waals surface area (Å²) in [6.45, 7) is 11.4. The molecule has 0 bridgehead atoms.